The van der Waals surface area contributed by atoms with Crippen molar-refractivity contribution in [1.29, 1.82) is 0 Å². The Bertz CT molecular complexity index is 962. The quantitative estimate of drug-likeness (QED) is 0.580. The molecule has 0 saturated heterocycles. The van der Waals surface area contributed by atoms with Gasteiger partial charge in [0.15, 0.2) is 18.1 Å². The average molecular weight is 412 g/mol. The van der Waals surface area contributed by atoms with Crippen LogP contribution < -0.4 is 14.2 Å². The molecule has 30 heavy (non-hydrogen) atoms. The van der Waals surface area contributed by atoms with Crippen LogP contribution in [0.15, 0.2) is 30.3 Å². The summed E-state index contributed by atoms with van der Waals surface area (Å²) >= 11 is 0. The maximum Gasteiger partial charge on any atom is 0.344 e. The molecule has 0 radical (unpaired) electrons. The maximum absolute atomic E-state index is 11.9. The molecule has 1 saturated carbocycles. The molecule has 1 aliphatic heterocycles. The van der Waals surface area contributed by atoms with Crippen molar-refractivity contribution in [1.82, 2.24) is 0 Å². The molecule has 4 rings (SSSR count). The summed E-state index contributed by atoms with van der Waals surface area (Å²) < 4.78 is 27.5. The third-order valence-electron chi connectivity index (χ3n) is 5.09. The second kappa shape index (κ2) is 8.65. The van der Waals surface area contributed by atoms with Crippen LogP contribution in [0.4, 0.5) is 0 Å². The number of esters is 2. The van der Waals surface area contributed by atoms with Gasteiger partial charge in [0, 0.05) is 11.1 Å². The molecule has 0 N–H and O–H groups in total. The first-order valence-corrected chi connectivity index (χ1v) is 10.0. The minimum Gasteiger partial charge on any atom is -0.493 e. The molecule has 0 amide bonds. The first-order chi connectivity index (χ1) is 14.6. The Morgan fingerprint density at radius 1 is 1.10 bits per heavy atom. The molecule has 1 heterocycles. The highest BCUT2D eigenvalue weighted by molar-refractivity contribution is 5.94. The van der Waals surface area contributed by atoms with Crippen LogP contribution in [-0.2, 0) is 20.9 Å². The number of ether oxygens (including phenoxy) is 5. The number of carbonyl (C=O) groups is 2. The van der Waals surface area contributed by atoms with Crippen LogP contribution in [0, 0.1) is 5.92 Å². The molecule has 0 spiro atoms. The number of rotatable bonds is 9. The van der Waals surface area contributed by atoms with Gasteiger partial charge in [-0.25, -0.2) is 9.59 Å². The van der Waals surface area contributed by atoms with E-state index in [1.54, 1.807) is 20.1 Å². The topological polar surface area (TPSA) is 80.3 Å². The van der Waals surface area contributed by atoms with Crippen molar-refractivity contribution in [2.75, 3.05) is 26.9 Å². The van der Waals surface area contributed by atoms with E-state index in [2.05, 4.69) is 0 Å². The molecule has 0 unspecified atom stereocenters. The number of carbonyl (C=O) groups excluding carboxylic acids is 2. The Kier molecular flexibility index (Phi) is 5.79. The summed E-state index contributed by atoms with van der Waals surface area (Å²) in [7, 11) is 1.56. The van der Waals surface area contributed by atoms with E-state index >= 15 is 0 Å². The lowest BCUT2D eigenvalue weighted by atomic mass is 9.99. The van der Waals surface area contributed by atoms with E-state index in [-0.39, 0.29) is 25.8 Å². The van der Waals surface area contributed by atoms with Crippen molar-refractivity contribution in [2.24, 2.45) is 5.92 Å². The second-order valence-electron chi connectivity index (χ2n) is 7.27. The summed E-state index contributed by atoms with van der Waals surface area (Å²) in [5.41, 5.74) is 2.93. The van der Waals surface area contributed by atoms with E-state index in [0.29, 0.717) is 35.3 Å². The van der Waals surface area contributed by atoms with Crippen molar-refractivity contribution in [2.45, 2.75) is 26.4 Å². The molecular formula is C23H24O7. The van der Waals surface area contributed by atoms with Crippen LogP contribution in [0.5, 0.6) is 17.2 Å². The normalized spacial score (nSPS) is 14.7. The van der Waals surface area contributed by atoms with Crippen LogP contribution in [0.3, 0.4) is 0 Å². The largest absolute Gasteiger partial charge is 0.493 e. The Hall–Kier alpha value is -3.22. The van der Waals surface area contributed by atoms with Crippen LogP contribution >= 0.6 is 0 Å². The van der Waals surface area contributed by atoms with E-state index in [4.69, 9.17) is 23.7 Å². The molecule has 158 valence electrons. The third-order valence-corrected chi connectivity index (χ3v) is 5.09. The van der Waals surface area contributed by atoms with Gasteiger partial charge in [0.05, 0.1) is 25.9 Å². The van der Waals surface area contributed by atoms with Crippen LogP contribution in [0.1, 0.15) is 35.7 Å². The third kappa shape index (κ3) is 4.20. The SMILES string of the molecule is CCOC(=O)COc1c(-c2ccc3c(c2)COC3=O)ccc(OC)c1OCC1CC1. The standard InChI is InChI=1S/C23H24O7/c1-3-27-20(24)13-29-21-17(15-6-7-18-16(10-15)12-30-23(18)25)8-9-19(26-2)22(21)28-11-14-4-5-14/h6-10,14H,3-5,11-13H2,1-2H3. The number of fused-ring (bicyclic) bond motifs is 1. The van der Waals surface area contributed by atoms with Gasteiger partial charge in [0.2, 0.25) is 5.75 Å². The van der Waals surface area contributed by atoms with Gasteiger partial charge in [-0.05, 0) is 55.5 Å². The molecule has 1 fully saturated rings. The minimum absolute atomic E-state index is 0.238. The van der Waals surface area contributed by atoms with Crippen molar-refractivity contribution >= 4 is 11.9 Å². The summed E-state index contributed by atoms with van der Waals surface area (Å²) in [5.74, 6) is 1.13. The van der Waals surface area contributed by atoms with E-state index in [1.165, 1.54) is 0 Å². The monoisotopic (exact) mass is 412 g/mol. The number of cyclic esters (lactones) is 1. The average Bonchev–Trinajstić information content (AvgIpc) is 3.52. The van der Waals surface area contributed by atoms with Gasteiger partial charge in [0.25, 0.3) is 0 Å². The summed E-state index contributed by atoms with van der Waals surface area (Å²) in [6.07, 6.45) is 2.28. The van der Waals surface area contributed by atoms with Crippen molar-refractivity contribution < 1.29 is 33.3 Å². The zero-order chi connectivity index (χ0) is 21.1. The fourth-order valence-corrected chi connectivity index (χ4v) is 3.33. The summed E-state index contributed by atoms with van der Waals surface area (Å²) in [5, 5.41) is 0. The molecule has 0 bridgehead atoms. The number of methoxy groups -OCH3 is 1. The van der Waals surface area contributed by atoms with Gasteiger partial charge in [-0.15, -0.1) is 0 Å². The van der Waals surface area contributed by atoms with E-state index < -0.39 is 5.97 Å². The van der Waals surface area contributed by atoms with Crippen molar-refractivity contribution in [3.63, 3.8) is 0 Å². The lowest BCUT2D eigenvalue weighted by Crippen LogP contribution is -2.16. The maximum atomic E-state index is 11.9. The minimum atomic E-state index is -0.465. The zero-order valence-corrected chi connectivity index (χ0v) is 17.1. The summed E-state index contributed by atoms with van der Waals surface area (Å²) in [6.45, 7) is 2.56. The van der Waals surface area contributed by atoms with E-state index in [9.17, 15) is 9.59 Å². The molecule has 0 aromatic heterocycles. The van der Waals surface area contributed by atoms with Gasteiger partial charge in [-0.3, -0.25) is 0 Å². The Labute approximate surface area is 174 Å². The summed E-state index contributed by atoms with van der Waals surface area (Å²) in [4.78, 5) is 23.7. The van der Waals surface area contributed by atoms with Crippen LogP contribution in [0.2, 0.25) is 0 Å². The van der Waals surface area contributed by atoms with Crippen LogP contribution in [0.25, 0.3) is 11.1 Å². The highest BCUT2D eigenvalue weighted by atomic mass is 16.6. The molecule has 2 aromatic carbocycles. The number of benzene rings is 2. The van der Waals surface area contributed by atoms with E-state index in [0.717, 1.165) is 29.5 Å². The van der Waals surface area contributed by atoms with Gasteiger partial charge >= 0.3 is 11.9 Å². The van der Waals surface area contributed by atoms with Crippen LogP contribution in [-0.4, -0.2) is 38.9 Å². The van der Waals surface area contributed by atoms with Gasteiger partial charge in [0.1, 0.15) is 6.61 Å². The first kappa shape index (κ1) is 20.1. The fraction of sp³-hybridized carbons (Fsp3) is 0.391. The first-order valence-electron chi connectivity index (χ1n) is 10.0. The Morgan fingerprint density at radius 2 is 1.90 bits per heavy atom. The number of hydrogen-bond donors (Lipinski definition) is 0. The highest BCUT2D eigenvalue weighted by Crippen LogP contribution is 2.46. The predicted octanol–water partition coefficient (Wildman–Crippen LogP) is 3.76. The van der Waals surface area contributed by atoms with Gasteiger partial charge < -0.3 is 23.7 Å². The van der Waals surface area contributed by atoms with E-state index in [1.807, 2.05) is 24.3 Å². The molecule has 2 aliphatic rings. The zero-order valence-electron chi connectivity index (χ0n) is 17.1. The molecule has 7 nitrogen and oxygen atoms in total. The molecule has 1 aliphatic carbocycles. The Morgan fingerprint density at radius 3 is 2.63 bits per heavy atom. The highest BCUT2D eigenvalue weighted by Gasteiger charge is 2.27. The lowest BCUT2D eigenvalue weighted by Gasteiger charge is -2.19. The molecule has 0 atom stereocenters. The van der Waals surface area contributed by atoms with Crippen molar-refractivity contribution in [3.05, 3.63) is 41.5 Å². The summed E-state index contributed by atoms with van der Waals surface area (Å²) in [6, 6.07) is 9.12. The Balaban J connectivity index is 1.73. The lowest BCUT2D eigenvalue weighted by molar-refractivity contribution is -0.145. The number of hydrogen-bond acceptors (Lipinski definition) is 7. The molecular weight excluding hydrogens is 388 g/mol. The van der Waals surface area contributed by atoms with Crippen molar-refractivity contribution in [3.8, 4) is 28.4 Å². The molecule has 7 heteroatoms. The van der Waals surface area contributed by atoms with Gasteiger partial charge in [-0.1, -0.05) is 6.07 Å². The fourth-order valence-electron chi connectivity index (χ4n) is 3.33. The second-order valence-corrected chi connectivity index (χ2v) is 7.27. The van der Waals surface area contributed by atoms with Gasteiger partial charge in [-0.2, -0.15) is 0 Å². The predicted molar refractivity (Wildman–Crippen MR) is 108 cm³/mol. The molecule has 2 aromatic rings. The smallest absolute Gasteiger partial charge is 0.344 e.